The van der Waals surface area contributed by atoms with E-state index in [1.165, 1.54) is 15.7 Å². The van der Waals surface area contributed by atoms with Gasteiger partial charge >= 0.3 is 6.18 Å². The van der Waals surface area contributed by atoms with Crippen LogP contribution in [-0.2, 0) is 16.4 Å². The summed E-state index contributed by atoms with van der Waals surface area (Å²) in [7, 11) is -4.72. The number of amides is 1. The standard InChI is InChI=1S/C23H26Cl2F3N5O5S2/c1-6-33(7-2)21(34)17-18(39-20(29-17)19-31-30-14(38-19)10-22(4,5)35)12-8-9-13(16(25)15(12)24)40(36,37)32-11(3)23(26,27)28/h8-9,11,32,35H,6-7,10H2,1-5H3. The molecule has 0 spiro atoms. The number of hydrogen-bond donors (Lipinski definition) is 2. The number of benzene rings is 1. The summed E-state index contributed by atoms with van der Waals surface area (Å²) in [4.78, 5) is 18.8. The van der Waals surface area contributed by atoms with Crippen molar-refractivity contribution in [3.05, 3.63) is 33.8 Å². The van der Waals surface area contributed by atoms with E-state index in [1.54, 1.807) is 27.7 Å². The predicted molar refractivity (Wildman–Crippen MR) is 144 cm³/mol. The van der Waals surface area contributed by atoms with Crippen LogP contribution in [0.15, 0.2) is 21.4 Å². The number of alkyl halides is 3. The Hall–Kier alpha value is -2.30. The summed E-state index contributed by atoms with van der Waals surface area (Å²) in [6.07, 6.45) is -4.77. The molecule has 0 aliphatic carbocycles. The molecule has 0 radical (unpaired) electrons. The van der Waals surface area contributed by atoms with Crippen molar-refractivity contribution in [3.8, 4) is 21.3 Å². The topological polar surface area (TPSA) is 139 Å². The summed E-state index contributed by atoms with van der Waals surface area (Å²) in [6.45, 7) is 8.03. The number of aromatic nitrogens is 3. The number of carbonyl (C=O) groups excluding carboxylic acids is 1. The van der Waals surface area contributed by atoms with Crippen LogP contribution in [0, 0.1) is 0 Å². The first-order valence-corrected chi connectivity index (χ1v) is 14.9. The lowest BCUT2D eigenvalue weighted by Crippen LogP contribution is -2.43. The maximum Gasteiger partial charge on any atom is 0.404 e. The molecule has 1 amide bonds. The van der Waals surface area contributed by atoms with E-state index in [4.69, 9.17) is 27.6 Å². The van der Waals surface area contributed by atoms with E-state index in [1.807, 2.05) is 0 Å². The molecular weight excluding hydrogens is 618 g/mol. The SMILES string of the molecule is CCN(CC)C(=O)c1nc(-c2nnc(CC(C)(C)O)o2)sc1-c1ccc(S(=O)(=O)NC(C)C(F)(F)F)c(Cl)c1Cl. The molecule has 3 aromatic rings. The first-order chi connectivity index (χ1) is 18.4. The fourth-order valence-corrected chi connectivity index (χ4v) is 6.62. The Morgan fingerprint density at radius 1 is 1.18 bits per heavy atom. The molecule has 17 heteroatoms. The average molecular weight is 645 g/mol. The van der Waals surface area contributed by atoms with Gasteiger partial charge in [0.05, 0.1) is 26.9 Å². The highest BCUT2D eigenvalue weighted by Gasteiger charge is 2.39. The van der Waals surface area contributed by atoms with Crippen LogP contribution in [0.25, 0.3) is 21.3 Å². The quantitative estimate of drug-likeness (QED) is 0.308. The number of rotatable bonds is 10. The van der Waals surface area contributed by atoms with E-state index in [2.05, 4.69) is 15.2 Å². The molecule has 0 saturated carbocycles. The normalized spacial score (nSPS) is 13.5. The zero-order valence-corrected chi connectivity index (χ0v) is 25.1. The number of nitrogens with one attached hydrogen (secondary N) is 1. The zero-order valence-electron chi connectivity index (χ0n) is 21.9. The molecule has 0 fully saturated rings. The van der Waals surface area contributed by atoms with Gasteiger partial charge in [0.2, 0.25) is 15.9 Å². The molecule has 2 N–H and O–H groups in total. The Balaban J connectivity index is 2.14. The molecule has 1 unspecified atom stereocenters. The Morgan fingerprint density at radius 2 is 1.80 bits per heavy atom. The number of aliphatic hydroxyl groups is 1. The number of thiazole rings is 1. The minimum atomic E-state index is -4.83. The summed E-state index contributed by atoms with van der Waals surface area (Å²) in [5.41, 5.74) is -1.06. The van der Waals surface area contributed by atoms with Crippen molar-refractivity contribution >= 4 is 50.5 Å². The second kappa shape index (κ2) is 11.9. The minimum Gasteiger partial charge on any atom is -0.419 e. The summed E-state index contributed by atoms with van der Waals surface area (Å²) in [5, 5.41) is 17.2. The van der Waals surface area contributed by atoms with Gasteiger partial charge in [0.1, 0.15) is 16.6 Å². The number of nitrogens with zero attached hydrogens (tertiary/aromatic N) is 4. The van der Waals surface area contributed by atoms with Crippen molar-refractivity contribution in [2.24, 2.45) is 0 Å². The molecule has 2 heterocycles. The van der Waals surface area contributed by atoms with Crippen LogP contribution in [0.3, 0.4) is 0 Å². The first kappa shape index (κ1) is 32.2. The third-order valence-corrected chi connectivity index (χ3v) is 9.17. The highest BCUT2D eigenvalue weighted by molar-refractivity contribution is 7.89. The largest absolute Gasteiger partial charge is 0.419 e. The monoisotopic (exact) mass is 643 g/mol. The van der Waals surface area contributed by atoms with Gasteiger partial charge in [-0.2, -0.15) is 17.9 Å². The zero-order chi connectivity index (χ0) is 30.2. The van der Waals surface area contributed by atoms with Gasteiger partial charge in [-0.15, -0.1) is 21.5 Å². The van der Waals surface area contributed by atoms with Crippen LogP contribution < -0.4 is 4.72 Å². The van der Waals surface area contributed by atoms with Gasteiger partial charge < -0.3 is 14.4 Å². The van der Waals surface area contributed by atoms with E-state index in [0.29, 0.717) is 20.0 Å². The molecule has 220 valence electrons. The van der Waals surface area contributed by atoms with Crippen LogP contribution in [0.1, 0.15) is 51.0 Å². The van der Waals surface area contributed by atoms with E-state index in [0.717, 1.165) is 17.4 Å². The molecule has 2 aromatic heterocycles. The summed E-state index contributed by atoms with van der Waals surface area (Å²) >= 11 is 13.6. The van der Waals surface area contributed by atoms with Crippen molar-refractivity contribution in [3.63, 3.8) is 0 Å². The lowest BCUT2D eigenvalue weighted by atomic mass is 10.1. The van der Waals surface area contributed by atoms with Crippen LogP contribution in [0.5, 0.6) is 0 Å². The molecule has 0 bridgehead atoms. The average Bonchev–Trinajstić information content (AvgIpc) is 3.46. The fraction of sp³-hybridized carbons (Fsp3) is 0.478. The summed E-state index contributed by atoms with van der Waals surface area (Å²) in [6, 6.07) is -0.163. The van der Waals surface area contributed by atoms with E-state index < -0.39 is 43.7 Å². The van der Waals surface area contributed by atoms with Crippen molar-refractivity contribution in [2.75, 3.05) is 13.1 Å². The van der Waals surface area contributed by atoms with Crippen LogP contribution in [0.4, 0.5) is 13.2 Å². The van der Waals surface area contributed by atoms with Gasteiger partial charge in [-0.25, -0.2) is 13.4 Å². The Morgan fingerprint density at radius 3 is 2.35 bits per heavy atom. The molecular formula is C23H26Cl2F3N5O5S2. The van der Waals surface area contributed by atoms with Crippen LogP contribution in [-0.4, -0.2) is 70.4 Å². The molecule has 1 atom stereocenters. The highest BCUT2D eigenvalue weighted by Crippen LogP contribution is 2.43. The third-order valence-electron chi connectivity index (χ3n) is 5.52. The third kappa shape index (κ3) is 7.12. The maximum atomic E-state index is 13.4. The minimum absolute atomic E-state index is 0.0316. The summed E-state index contributed by atoms with van der Waals surface area (Å²) < 4.78 is 71.4. The summed E-state index contributed by atoms with van der Waals surface area (Å²) in [5.74, 6) is -0.369. The maximum absolute atomic E-state index is 13.4. The molecule has 0 saturated heterocycles. The molecule has 3 rings (SSSR count). The molecule has 10 nitrogen and oxygen atoms in total. The van der Waals surface area contributed by atoms with Crippen LogP contribution >= 0.6 is 34.5 Å². The smallest absolute Gasteiger partial charge is 0.404 e. The van der Waals surface area contributed by atoms with E-state index in [-0.39, 0.29) is 44.4 Å². The predicted octanol–water partition coefficient (Wildman–Crippen LogP) is 5.19. The van der Waals surface area contributed by atoms with E-state index in [9.17, 15) is 31.5 Å². The van der Waals surface area contributed by atoms with Gasteiger partial charge in [-0.3, -0.25) is 4.79 Å². The van der Waals surface area contributed by atoms with Gasteiger partial charge in [0.25, 0.3) is 11.8 Å². The van der Waals surface area contributed by atoms with E-state index >= 15 is 0 Å². The van der Waals surface area contributed by atoms with Crippen LogP contribution in [0.2, 0.25) is 10.0 Å². The van der Waals surface area contributed by atoms with Crippen molar-refractivity contribution < 1.29 is 35.9 Å². The molecule has 0 aliphatic rings. The van der Waals surface area contributed by atoms with Gasteiger partial charge in [-0.1, -0.05) is 29.3 Å². The van der Waals surface area contributed by atoms with Gasteiger partial charge in [-0.05, 0) is 40.7 Å². The second-order valence-corrected chi connectivity index (χ2v) is 12.7. The number of halogens is 5. The molecule has 1 aromatic carbocycles. The Bertz CT molecular complexity index is 1500. The number of sulfonamides is 1. The van der Waals surface area contributed by atoms with Crippen molar-refractivity contribution in [1.29, 1.82) is 0 Å². The molecule has 40 heavy (non-hydrogen) atoms. The number of carbonyl (C=O) groups is 1. The lowest BCUT2D eigenvalue weighted by molar-refractivity contribution is -0.147. The lowest BCUT2D eigenvalue weighted by Gasteiger charge is -2.19. The molecule has 0 aliphatic heterocycles. The van der Waals surface area contributed by atoms with Gasteiger partial charge in [0, 0.05) is 18.7 Å². The number of hydrogen-bond acceptors (Lipinski definition) is 9. The van der Waals surface area contributed by atoms with Crippen molar-refractivity contribution in [2.45, 2.75) is 63.8 Å². The first-order valence-electron chi connectivity index (χ1n) is 11.8. The van der Waals surface area contributed by atoms with Gasteiger partial charge in [0.15, 0.2) is 5.01 Å². The Labute approximate surface area is 242 Å². The van der Waals surface area contributed by atoms with Crippen molar-refractivity contribution in [1.82, 2.24) is 24.8 Å². The fourth-order valence-electron chi connectivity index (χ4n) is 3.46. The second-order valence-electron chi connectivity index (χ2n) is 9.29. The Kier molecular flexibility index (Phi) is 9.58. The highest BCUT2D eigenvalue weighted by atomic mass is 35.5.